The van der Waals surface area contributed by atoms with E-state index < -0.39 is 30.1 Å². The lowest BCUT2D eigenvalue weighted by molar-refractivity contribution is 0.589. The highest BCUT2D eigenvalue weighted by atomic mass is 32.2. The van der Waals surface area contributed by atoms with Gasteiger partial charge in [0.15, 0.2) is 0 Å². The molecule has 0 bridgehead atoms. The van der Waals surface area contributed by atoms with Crippen molar-refractivity contribution in [2.45, 2.75) is 55.1 Å². The second-order valence-corrected chi connectivity index (χ2v) is 20.2. The van der Waals surface area contributed by atoms with Crippen LogP contribution >= 0.6 is 0 Å². The zero-order valence-electron chi connectivity index (χ0n) is 33.5. The topological polar surface area (TPSA) is 112 Å². The van der Waals surface area contributed by atoms with Crippen molar-refractivity contribution in [1.29, 1.82) is 0 Å². The van der Waals surface area contributed by atoms with Crippen LogP contribution in [0.1, 0.15) is 33.4 Å². The first-order valence-electron chi connectivity index (χ1n) is 19.3. The Hall–Kier alpha value is -6.21. The summed E-state index contributed by atoms with van der Waals surface area (Å²) in [5, 5.41) is 0. The van der Waals surface area contributed by atoms with E-state index in [-0.39, 0.29) is 34.3 Å². The summed E-state index contributed by atoms with van der Waals surface area (Å²) < 4.78 is 91.1. The average molecular weight is 856 g/mol. The Kier molecular flexibility index (Phi) is 12.3. The molecule has 9 nitrogen and oxygen atoms in total. The van der Waals surface area contributed by atoms with Crippen molar-refractivity contribution in [3.05, 3.63) is 215 Å². The van der Waals surface area contributed by atoms with Crippen LogP contribution in [-0.2, 0) is 49.7 Å². The highest BCUT2D eigenvalue weighted by molar-refractivity contribution is 7.93. The summed E-state index contributed by atoms with van der Waals surface area (Å²) in [7, 11) is -12.4. The molecule has 306 valence electrons. The van der Waals surface area contributed by atoms with Crippen LogP contribution in [0.5, 0.6) is 0 Å². The molecule has 0 radical (unpaired) electrons. The first-order valence-corrected chi connectivity index (χ1v) is 23.6. The highest BCUT2D eigenvalue weighted by Gasteiger charge is 2.30. The quantitative estimate of drug-likeness (QED) is 0.102. The second kappa shape index (κ2) is 17.6. The molecule has 7 aromatic rings. The van der Waals surface area contributed by atoms with E-state index in [9.17, 15) is 25.3 Å². The van der Waals surface area contributed by atoms with Crippen molar-refractivity contribution in [3.63, 3.8) is 0 Å². The Balaban J connectivity index is 1.39. The number of rotatable bonds is 15. The van der Waals surface area contributed by atoms with Crippen LogP contribution in [-0.4, -0.2) is 25.3 Å². The van der Waals surface area contributed by atoms with Crippen LogP contribution in [0, 0.1) is 20.8 Å². The molecule has 7 rings (SSSR count). The lowest BCUT2D eigenvalue weighted by Gasteiger charge is -2.28. The van der Waals surface area contributed by atoms with Gasteiger partial charge in [0.2, 0.25) is 0 Å². The zero-order valence-corrected chi connectivity index (χ0v) is 35.9. The lowest BCUT2D eigenvalue weighted by atomic mass is 10.0. The van der Waals surface area contributed by atoms with Crippen molar-refractivity contribution in [2.75, 3.05) is 12.9 Å². The van der Waals surface area contributed by atoms with Crippen molar-refractivity contribution < 1.29 is 25.3 Å². The van der Waals surface area contributed by atoms with Gasteiger partial charge < -0.3 is 0 Å². The van der Waals surface area contributed by atoms with E-state index in [1.165, 1.54) is 12.9 Å². The fourth-order valence-corrected chi connectivity index (χ4v) is 11.2. The molecule has 0 heterocycles. The highest BCUT2D eigenvalue weighted by Crippen LogP contribution is 2.32. The van der Waals surface area contributed by atoms with E-state index in [4.69, 9.17) is 0 Å². The molecule has 0 aromatic heterocycles. The molecule has 0 N–H and O–H groups in total. The molecule has 0 unspecified atom stereocenters. The lowest BCUT2D eigenvalue weighted by Crippen LogP contribution is -2.32. The summed E-state index contributed by atoms with van der Waals surface area (Å²) in [6, 6.07) is 51.5. The fourth-order valence-electron chi connectivity index (χ4n) is 6.85. The largest absolute Gasteiger partial charge is 0.264 e. The Morgan fingerprint density at radius 2 is 0.533 bits per heavy atom. The van der Waals surface area contributed by atoms with Crippen molar-refractivity contribution in [2.24, 2.45) is 0 Å². The number of benzene rings is 7. The van der Waals surface area contributed by atoms with Gasteiger partial charge in [-0.1, -0.05) is 126 Å². The normalized spacial score (nSPS) is 11.8. The van der Waals surface area contributed by atoms with Crippen LogP contribution in [0.4, 0.5) is 17.1 Å². The molecule has 0 fully saturated rings. The maximum Gasteiger partial charge on any atom is 0.264 e. The Morgan fingerprint density at radius 1 is 0.317 bits per heavy atom. The molecule has 0 aliphatic carbocycles. The maximum absolute atomic E-state index is 14.5. The Morgan fingerprint density at radius 3 is 0.750 bits per heavy atom. The van der Waals surface area contributed by atoms with Gasteiger partial charge in [-0.3, -0.25) is 12.9 Å². The summed E-state index contributed by atoms with van der Waals surface area (Å²) >= 11 is 0. The van der Waals surface area contributed by atoms with Gasteiger partial charge in [0, 0.05) is 0 Å². The van der Waals surface area contributed by atoms with E-state index >= 15 is 0 Å². The molecule has 0 saturated carbocycles. The van der Waals surface area contributed by atoms with Crippen LogP contribution < -0.4 is 12.9 Å². The Bertz CT molecular complexity index is 2560. The van der Waals surface area contributed by atoms with Gasteiger partial charge in [0.25, 0.3) is 30.1 Å². The third kappa shape index (κ3) is 9.31. The van der Waals surface area contributed by atoms with Gasteiger partial charge >= 0.3 is 0 Å². The van der Waals surface area contributed by atoms with Gasteiger partial charge in [-0.2, -0.15) is 0 Å². The van der Waals surface area contributed by atoms with Gasteiger partial charge in [0.05, 0.1) is 51.4 Å². The molecule has 0 aliphatic rings. The first-order chi connectivity index (χ1) is 28.7. The Labute approximate surface area is 354 Å². The van der Waals surface area contributed by atoms with Crippen LogP contribution in [0.25, 0.3) is 0 Å². The number of nitrogens with zero attached hydrogens (tertiary/aromatic N) is 3. The van der Waals surface area contributed by atoms with E-state index in [2.05, 4.69) is 0 Å². The van der Waals surface area contributed by atoms with Crippen molar-refractivity contribution >= 4 is 47.1 Å². The third-order valence-corrected chi connectivity index (χ3v) is 15.4. The van der Waals surface area contributed by atoms with Crippen LogP contribution in [0.15, 0.2) is 197 Å². The standard InChI is InChI=1S/C48H45N3O6S3/c1-37-19-25-46(26-20-37)58(52,53)49(43-13-7-4-8-14-43)34-40-31-41(35-50(44-15-9-5-10-16-44)59(54,55)47-27-21-38(2)22-28-47)33-42(32-40)36-51(45-17-11-6-12-18-45)60(56,57)48-29-23-39(3)24-30-48/h4-33H,34-36H2,1-3H3. The molecular formula is C48H45N3O6S3. The fraction of sp³-hybridized carbons (Fsp3) is 0.125. The molecule has 0 atom stereocenters. The smallest absolute Gasteiger partial charge is 0.262 e. The SMILES string of the molecule is Cc1ccc(S(=O)(=O)N(Cc2cc(CN(c3ccccc3)S(=O)(=O)c3ccc(C)cc3)cc(CN(c3ccccc3)S(=O)(=O)c3ccc(C)cc3)c2)c2ccccc2)cc1. The first kappa shape index (κ1) is 41.9. The predicted octanol–water partition coefficient (Wildman–Crippen LogP) is 9.80. The minimum atomic E-state index is -4.13. The average Bonchev–Trinajstić information content (AvgIpc) is 3.25. The summed E-state index contributed by atoms with van der Waals surface area (Å²) in [4.78, 5) is 0.312. The summed E-state index contributed by atoms with van der Waals surface area (Å²) in [5.74, 6) is 0. The number of hydrogen-bond donors (Lipinski definition) is 0. The number of anilines is 3. The molecule has 0 aliphatic heterocycles. The van der Waals surface area contributed by atoms with E-state index in [0.29, 0.717) is 33.8 Å². The maximum atomic E-state index is 14.5. The monoisotopic (exact) mass is 855 g/mol. The molecule has 0 spiro atoms. The number of aryl methyl sites for hydroxylation is 3. The minimum absolute atomic E-state index is 0.104. The minimum Gasteiger partial charge on any atom is -0.262 e. The van der Waals surface area contributed by atoms with Gasteiger partial charge in [0.1, 0.15) is 0 Å². The van der Waals surface area contributed by atoms with E-state index in [1.807, 2.05) is 20.8 Å². The number of hydrogen-bond acceptors (Lipinski definition) is 6. The van der Waals surface area contributed by atoms with Crippen molar-refractivity contribution in [1.82, 2.24) is 0 Å². The summed E-state index contributed by atoms with van der Waals surface area (Å²) in [5.41, 5.74) is 5.54. The molecule has 60 heavy (non-hydrogen) atoms. The molecule has 0 amide bonds. The van der Waals surface area contributed by atoms with E-state index in [0.717, 1.165) is 16.7 Å². The van der Waals surface area contributed by atoms with E-state index in [1.54, 1.807) is 182 Å². The molecule has 0 saturated heterocycles. The van der Waals surface area contributed by atoms with Gasteiger partial charge in [-0.25, -0.2) is 25.3 Å². The van der Waals surface area contributed by atoms with Gasteiger partial charge in [-0.05, 0) is 110 Å². The second-order valence-electron chi connectivity index (χ2n) is 14.6. The number of para-hydroxylation sites is 3. The summed E-state index contributed by atoms with van der Waals surface area (Å²) in [6.45, 7) is 5.21. The van der Waals surface area contributed by atoms with Crippen molar-refractivity contribution in [3.8, 4) is 0 Å². The van der Waals surface area contributed by atoms with Crippen LogP contribution in [0.2, 0.25) is 0 Å². The zero-order chi connectivity index (χ0) is 42.5. The third-order valence-electron chi connectivity index (χ3n) is 10.1. The van der Waals surface area contributed by atoms with Crippen LogP contribution in [0.3, 0.4) is 0 Å². The molecular weight excluding hydrogens is 811 g/mol. The van der Waals surface area contributed by atoms with Gasteiger partial charge in [-0.15, -0.1) is 0 Å². The summed E-state index contributed by atoms with van der Waals surface area (Å²) in [6.07, 6.45) is 0. The predicted molar refractivity (Wildman–Crippen MR) is 239 cm³/mol. The molecule has 12 heteroatoms. The number of sulfonamides is 3. The molecule has 7 aromatic carbocycles.